The van der Waals surface area contributed by atoms with E-state index < -0.39 is 5.91 Å². The van der Waals surface area contributed by atoms with Gasteiger partial charge in [0.2, 0.25) is 5.91 Å². The molecular formula is C9H7NO2. The lowest BCUT2D eigenvalue weighted by Gasteiger charge is -1.94. The number of fused-ring (bicyclic) bond motifs is 1. The summed E-state index contributed by atoms with van der Waals surface area (Å²) in [5.41, 5.74) is 6.35. The Morgan fingerprint density at radius 3 is 2.92 bits per heavy atom. The van der Waals surface area contributed by atoms with Gasteiger partial charge in [0.1, 0.15) is 5.58 Å². The zero-order chi connectivity index (χ0) is 8.55. The molecule has 0 aliphatic heterocycles. The Hall–Kier alpha value is -1.77. The van der Waals surface area contributed by atoms with Gasteiger partial charge in [0.25, 0.3) is 0 Å². The third-order valence-electron chi connectivity index (χ3n) is 1.76. The summed E-state index contributed by atoms with van der Waals surface area (Å²) < 4.78 is 5.10. The van der Waals surface area contributed by atoms with Crippen molar-refractivity contribution in [3.8, 4) is 0 Å². The van der Waals surface area contributed by atoms with Crippen LogP contribution in [0.5, 0.6) is 0 Å². The molecule has 1 heterocycles. The number of hydrogen-bond acceptors (Lipinski definition) is 2. The van der Waals surface area contributed by atoms with Crippen LogP contribution in [0.25, 0.3) is 11.0 Å². The molecule has 0 bridgehead atoms. The van der Waals surface area contributed by atoms with Gasteiger partial charge in [-0.15, -0.1) is 0 Å². The number of rotatable bonds is 1. The van der Waals surface area contributed by atoms with E-state index in [0.717, 1.165) is 5.39 Å². The maximum absolute atomic E-state index is 10.9. The molecule has 0 fully saturated rings. The van der Waals surface area contributed by atoms with Crippen LogP contribution in [0.1, 0.15) is 10.4 Å². The minimum Gasteiger partial charge on any atom is -0.464 e. The first kappa shape index (κ1) is 6.91. The van der Waals surface area contributed by atoms with Crippen LogP contribution < -0.4 is 5.73 Å². The maximum atomic E-state index is 10.9. The van der Waals surface area contributed by atoms with Crippen molar-refractivity contribution in [1.29, 1.82) is 0 Å². The van der Waals surface area contributed by atoms with Crippen LogP contribution >= 0.6 is 0 Å². The third-order valence-corrected chi connectivity index (χ3v) is 1.76. The fourth-order valence-electron chi connectivity index (χ4n) is 1.21. The Labute approximate surface area is 68.8 Å². The molecule has 2 rings (SSSR count). The zero-order valence-electron chi connectivity index (χ0n) is 6.28. The Morgan fingerprint density at radius 2 is 2.17 bits per heavy atom. The van der Waals surface area contributed by atoms with Crippen molar-refractivity contribution in [2.45, 2.75) is 0 Å². The summed E-state index contributed by atoms with van der Waals surface area (Å²) in [7, 11) is 0. The Morgan fingerprint density at radius 1 is 1.33 bits per heavy atom. The molecule has 0 atom stereocenters. The highest BCUT2D eigenvalue weighted by molar-refractivity contribution is 6.05. The first-order valence-corrected chi connectivity index (χ1v) is 3.55. The molecule has 1 amide bonds. The van der Waals surface area contributed by atoms with Gasteiger partial charge >= 0.3 is 0 Å². The molecule has 12 heavy (non-hydrogen) atoms. The molecule has 0 spiro atoms. The van der Waals surface area contributed by atoms with E-state index in [9.17, 15) is 4.79 Å². The molecule has 1 aromatic heterocycles. The van der Waals surface area contributed by atoms with Gasteiger partial charge in [-0.3, -0.25) is 4.79 Å². The highest BCUT2D eigenvalue weighted by atomic mass is 16.3. The van der Waals surface area contributed by atoms with Gasteiger partial charge in [-0.2, -0.15) is 0 Å². The number of carbonyl (C=O) groups is 1. The van der Waals surface area contributed by atoms with Crippen molar-refractivity contribution in [1.82, 2.24) is 0 Å². The zero-order valence-corrected chi connectivity index (χ0v) is 6.28. The summed E-state index contributed by atoms with van der Waals surface area (Å²) in [4.78, 5) is 10.9. The molecule has 0 saturated heterocycles. The lowest BCUT2D eigenvalue weighted by Crippen LogP contribution is -2.10. The fraction of sp³-hybridized carbons (Fsp3) is 0. The number of hydrogen-bond donors (Lipinski definition) is 1. The SMILES string of the molecule is NC(=O)c1cccc2occc12. The summed E-state index contributed by atoms with van der Waals surface area (Å²) in [6.07, 6.45) is 1.54. The molecule has 0 saturated carbocycles. The second-order valence-electron chi connectivity index (χ2n) is 2.50. The summed E-state index contributed by atoms with van der Waals surface area (Å²) in [6.45, 7) is 0. The van der Waals surface area contributed by atoms with E-state index in [1.807, 2.05) is 0 Å². The summed E-state index contributed by atoms with van der Waals surface area (Å²) in [6, 6.07) is 6.95. The maximum Gasteiger partial charge on any atom is 0.249 e. The van der Waals surface area contributed by atoms with Crippen molar-refractivity contribution < 1.29 is 9.21 Å². The molecule has 2 N–H and O–H groups in total. The molecule has 1 aromatic carbocycles. The van der Waals surface area contributed by atoms with Gasteiger partial charge in [0.15, 0.2) is 0 Å². The predicted octanol–water partition coefficient (Wildman–Crippen LogP) is 1.53. The molecular weight excluding hydrogens is 154 g/mol. The molecule has 0 aliphatic carbocycles. The van der Waals surface area contributed by atoms with E-state index in [2.05, 4.69) is 0 Å². The Bertz CT molecular complexity index is 431. The van der Waals surface area contributed by atoms with Gasteiger partial charge in [-0.1, -0.05) is 6.07 Å². The van der Waals surface area contributed by atoms with Crippen LogP contribution in [-0.2, 0) is 0 Å². The van der Waals surface area contributed by atoms with Gasteiger partial charge in [-0.05, 0) is 18.2 Å². The standard InChI is InChI=1S/C9H7NO2/c10-9(11)7-2-1-3-8-6(7)4-5-12-8/h1-5H,(H2,10,11). The smallest absolute Gasteiger partial charge is 0.249 e. The second kappa shape index (κ2) is 2.37. The molecule has 0 radical (unpaired) electrons. The molecule has 60 valence electrons. The number of furan rings is 1. The van der Waals surface area contributed by atoms with Crippen LogP contribution in [0.15, 0.2) is 34.9 Å². The highest BCUT2D eigenvalue weighted by Crippen LogP contribution is 2.18. The topological polar surface area (TPSA) is 56.2 Å². The molecule has 3 heteroatoms. The van der Waals surface area contributed by atoms with Crippen LogP contribution in [-0.4, -0.2) is 5.91 Å². The Balaban J connectivity index is 2.82. The van der Waals surface area contributed by atoms with E-state index >= 15 is 0 Å². The first-order valence-electron chi connectivity index (χ1n) is 3.55. The van der Waals surface area contributed by atoms with Crippen molar-refractivity contribution in [2.24, 2.45) is 5.73 Å². The van der Waals surface area contributed by atoms with E-state index in [4.69, 9.17) is 10.2 Å². The second-order valence-corrected chi connectivity index (χ2v) is 2.50. The largest absolute Gasteiger partial charge is 0.464 e. The predicted molar refractivity (Wildman–Crippen MR) is 44.7 cm³/mol. The summed E-state index contributed by atoms with van der Waals surface area (Å²) in [5, 5.41) is 0.769. The monoisotopic (exact) mass is 161 g/mol. The van der Waals surface area contributed by atoms with Gasteiger partial charge in [0, 0.05) is 5.39 Å². The van der Waals surface area contributed by atoms with Gasteiger partial charge < -0.3 is 10.2 Å². The van der Waals surface area contributed by atoms with E-state index in [1.165, 1.54) is 6.26 Å². The summed E-state index contributed by atoms with van der Waals surface area (Å²) >= 11 is 0. The molecule has 0 aliphatic rings. The fourth-order valence-corrected chi connectivity index (χ4v) is 1.21. The number of amides is 1. The lowest BCUT2D eigenvalue weighted by molar-refractivity contribution is 0.100. The first-order chi connectivity index (χ1) is 5.79. The van der Waals surface area contributed by atoms with E-state index in [-0.39, 0.29) is 0 Å². The minimum atomic E-state index is -0.429. The van der Waals surface area contributed by atoms with Crippen LogP contribution in [0.4, 0.5) is 0 Å². The average Bonchev–Trinajstić information content (AvgIpc) is 2.49. The molecule has 2 aromatic rings. The lowest BCUT2D eigenvalue weighted by atomic mass is 10.1. The van der Waals surface area contributed by atoms with Crippen molar-refractivity contribution in [3.05, 3.63) is 36.1 Å². The molecule has 0 unspecified atom stereocenters. The van der Waals surface area contributed by atoms with Gasteiger partial charge in [0.05, 0.1) is 11.8 Å². The highest BCUT2D eigenvalue weighted by Gasteiger charge is 2.06. The van der Waals surface area contributed by atoms with Crippen LogP contribution in [0.2, 0.25) is 0 Å². The van der Waals surface area contributed by atoms with Crippen LogP contribution in [0, 0.1) is 0 Å². The minimum absolute atomic E-state index is 0.429. The quantitative estimate of drug-likeness (QED) is 0.689. The van der Waals surface area contributed by atoms with Gasteiger partial charge in [-0.25, -0.2) is 0 Å². The van der Waals surface area contributed by atoms with E-state index in [1.54, 1.807) is 24.3 Å². The number of benzene rings is 1. The Kier molecular flexibility index (Phi) is 1.37. The average molecular weight is 161 g/mol. The number of nitrogens with two attached hydrogens (primary N) is 1. The third kappa shape index (κ3) is 0.871. The van der Waals surface area contributed by atoms with Crippen LogP contribution in [0.3, 0.4) is 0 Å². The van der Waals surface area contributed by atoms with Crippen molar-refractivity contribution in [2.75, 3.05) is 0 Å². The molecule has 3 nitrogen and oxygen atoms in total. The van der Waals surface area contributed by atoms with Crippen molar-refractivity contribution >= 4 is 16.9 Å². The van der Waals surface area contributed by atoms with Crippen molar-refractivity contribution in [3.63, 3.8) is 0 Å². The number of carbonyl (C=O) groups excluding carboxylic acids is 1. The van der Waals surface area contributed by atoms with E-state index in [0.29, 0.717) is 11.1 Å². The number of primary amides is 1. The summed E-state index contributed by atoms with van der Waals surface area (Å²) in [5.74, 6) is -0.429. The normalized spacial score (nSPS) is 10.3.